The van der Waals surface area contributed by atoms with Crippen LogP contribution in [0.15, 0.2) is 97.6 Å². The highest BCUT2D eigenvalue weighted by Gasteiger charge is 2.41. The fourth-order valence-electron chi connectivity index (χ4n) is 13.6. The number of phenols is 1. The number of aromatic hydroxyl groups is 1. The smallest absolute Gasteiger partial charge is 0.326 e. The molecular formula is C87H122N18O25. The SMILES string of the molecule is CCC(C)[C@H](NC(=O)[C@H](CC(=O)O)NC(=O)[C@H](CC(C)C)NC(=O)[C@H](Cc1cnc[nH]1)NC(=O)[C@H](C)NC(=O)[C@H](Cc1ccccc1)NC(=O)[C@H](Cc1ccc(O)cc1)NC(=O)[C@@H](NC(=O)[C@H](C)NC(=O)[C@H](CCC(=O)O)NC(=O)[C@H](CCCCN)NC(=O)[C@H](CC(=O)O)NC(=O)CCC(=O)O)C(C)C)C(=O)N[C@H](C(=O)N[C@@H](Cc1c[nH]c2ccccc12)C(=O)O)[C@@H](C)CC. The third kappa shape index (κ3) is 35.7. The number of aromatic amines is 2. The van der Waals surface area contributed by atoms with Crippen molar-refractivity contribution in [2.24, 2.45) is 29.4 Å². The zero-order valence-electron chi connectivity index (χ0n) is 74.1. The van der Waals surface area contributed by atoms with Gasteiger partial charge in [-0.25, -0.2) is 9.78 Å². The number of H-pyrrole nitrogens is 2. The Kier molecular flexibility index (Phi) is 43.5. The number of carbonyl (C=O) groups excluding carboxylic acids is 14. The molecule has 5 aromatic rings. The molecule has 2 heterocycles. The highest BCUT2D eigenvalue weighted by atomic mass is 16.4. The Morgan fingerprint density at radius 3 is 1.34 bits per heavy atom. The normalized spacial score (nSPS) is 14.9. The minimum absolute atomic E-state index is 0.116. The molecule has 0 fully saturated rings. The molecule has 0 saturated carbocycles. The van der Waals surface area contributed by atoms with Crippen LogP contribution in [-0.2, 0) is 117 Å². The molecule has 0 saturated heterocycles. The van der Waals surface area contributed by atoms with Crippen molar-refractivity contribution in [2.75, 3.05) is 6.54 Å². The number of unbranched alkanes of at least 4 members (excludes halogenated alkanes) is 1. The first-order valence-electron chi connectivity index (χ1n) is 42.8. The number of benzene rings is 3. The molecule has 3 aromatic carbocycles. The maximum atomic E-state index is 15.0. The summed E-state index contributed by atoms with van der Waals surface area (Å²) < 4.78 is 0. The van der Waals surface area contributed by atoms with Crippen molar-refractivity contribution >= 4 is 123 Å². The van der Waals surface area contributed by atoms with Crippen molar-refractivity contribution < 1.29 is 122 Å². The van der Waals surface area contributed by atoms with Crippen LogP contribution in [0.5, 0.6) is 5.75 Å². The van der Waals surface area contributed by atoms with E-state index in [2.05, 4.69) is 89.4 Å². The number of para-hydroxylation sites is 1. The van der Waals surface area contributed by atoms with Crippen LogP contribution >= 0.6 is 0 Å². The van der Waals surface area contributed by atoms with Gasteiger partial charge < -0.3 is 121 Å². The van der Waals surface area contributed by atoms with Gasteiger partial charge in [0.1, 0.15) is 90.3 Å². The van der Waals surface area contributed by atoms with Crippen molar-refractivity contribution in [2.45, 2.75) is 257 Å². The van der Waals surface area contributed by atoms with Crippen LogP contribution in [0.1, 0.15) is 169 Å². The molecule has 16 atom stereocenters. The molecule has 24 N–H and O–H groups in total. The average molecular weight is 1820 g/mol. The number of aliphatic carboxylic acids is 5. The van der Waals surface area contributed by atoms with E-state index < -0.39 is 259 Å². The minimum Gasteiger partial charge on any atom is -0.508 e. The van der Waals surface area contributed by atoms with Gasteiger partial charge in [0.2, 0.25) is 82.7 Å². The second-order valence-corrected chi connectivity index (χ2v) is 32.7. The summed E-state index contributed by atoms with van der Waals surface area (Å²) in [6, 6.07) is -1.59. The molecular weight excluding hydrogens is 1700 g/mol. The van der Waals surface area contributed by atoms with Crippen LogP contribution in [0.2, 0.25) is 0 Å². The third-order valence-electron chi connectivity index (χ3n) is 21.4. The number of carbonyl (C=O) groups is 19. The van der Waals surface area contributed by atoms with E-state index in [-0.39, 0.29) is 75.8 Å². The van der Waals surface area contributed by atoms with Crippen LogP contribution in [0.4, 0.5) is 0 Å². The van der Waals surface area contributed by atoms with Gasteiger partial charge in [0, 0.05) is 67.5 Å². The van der Waals surface area contributed by atoms with Gasteiger partial charge in [0.05, 0.1) is 25.6 Å². The van der Waals surface area contributed by atoms with Gasteiger partial charge in [-0.2, -0.15) is 0 Å². The number of hydrogen-bond donors (Lipinski definition) is 23. The number of hydrogen-bond acceptors (Lipinski definition) is 22. The number of rotatable bonds is 57. The standard InChI is InChI=1S/C87H122N18O25/c1-11-46(7)72(85(127)102-65(87(129)130)37-52-41-90-56-23-17-16-22-55(52)56)105-86(128)73(47(8)12-2)104-83(125)64(40-70(114)115)100-79(121)59(34-44(3)4)98-81(123)62(38-53-42-89-43-91-53)97-74(116)48(9)93-78(120)60(35-50-20-14-13-15-21-50)99-80(122)61(36-51-25-27-54(106)28-26-51)101-84(126)71(45(5)6)103-75(117)49(10)92-76(118)58(29-31-67(108)109)96-77(119)57(24-18-19-33-88)95-82(124)63(39-69(112)113)94-66(107)30-32-68(110)111/h13-17,20-23,25-28,41-49,57-65,71-73,90,106H,11-12,18-19,24,29-40,88H2,1-10H3,(H,89,91)(H,92,118)(H,93,120)(H,94,107)(H,95,124)(H,96,119)(H,97,116)(H,98,123)(H,99,122)(H,100,121)(H,101,126)(H,102,127)(H,103,117)(H,104,125)(H,105,128)(H,108,109)(H,110,111)(H,112,113)(H,114,115)(H,129,130)/t46-,47?,48-,49-,57-,58-,59-,60-,61-,62-,63-,64-,65-,71-,72-,73-/m0/s1. The lowest BCUT2D eigenvalue weighted by molar-refractivity contribution is -0.143. The van der Waals surface area contributed by atoms with Crippen molar-refractivity contribution in [1.82, 2.24) is 89.4 Å². The Hall–Kier alpha value is -13.9. The number of nitrogens with two attached hydrogens (primary N) is 1. The molecule has 1 unspecified atom stereocenters. The maximum absolute atomic E-state index is 15.0. The topological polar surface area (TPSA) is 685 Å². The van der Waals surface area contributed by atoms with Gasteiger partial charge in [0.25, 0.3) is 0 Å². The summed E-state index contributed by atoms with van der Waals surface area (Å²) in [7, 11) is 0. The zero-order valence-corrected chi connectivity index (χ0v) is 74.1. The second kappa shape index (κ2) is 53.0. The Labute approximate surface area is 749 Å². The van der Waals surface area contributed by atoms with E-state index in [0.29, 0.717) is 23.1 Å². The number of amides is 14. The van der Waals surface area contributed by atoms with Crippen LogP contribution in [0.25, 0.3) is 10.9 Å². The summed E-state index contributed by atoms with van der Waals surface area (Å²) in [5.74, 6) is -24.4. The molecule has 0 aliphatic heterocycles. The van der Waals surface area contributed by atoms with Crippen molar-refractivity contribution in [3.8, 4) is 5.75 Å². The largest absolute Gasteiger partial charge is 0.508 e. The number of nitrogens with zero attached hydrogens (tertiary/aromatic N) is 1. The molecule has 43 nitrogen and oxygen atoms in total. The van der Waals surface area contributed by atoms with Crippen LogP contribution in [0.3, 0.4) is 0 Å². The Balaban J connectivity index is 1.35. The highest BCUT2D eigenvalue weighted by molar-refractivity contribution is 6.02. The Bertz CT molecular complexity index is 4740. The first kappa shape index (κ1) is 107. The van der Waals surface area contributed by atoms with E-state index in [1.807, 2.05) is 0 Å². The lowest BCUT2D eigenvalue weighted by Crippen LogP contribution is -2.62. The van der Waals surface area contributed by atoms with E-state index in [1.54, 1.807) is 102 Å². The van der Waals surface area contributed by atoms with Crippen LogP contribution < -0.4 is 80.2 Å². The van der Waals surface area contributed by atoms with Gasteiger partial charge >= 0.3 is 29.8 Å². The van der Waals surface area contributed by atoms with Crippen molar-refractivity contribution in [1.29, 1.82) is 0 Å². The summed E-state index contributed by atoms with van der Waals surface area (Å²) in [5, 5.41) is 94.6. The monoisotopic (exact) mass is 1820 g/mol. The molecule has 0 spiro atoms. The maximum Gasteiger partial charge on any atom is 0.326 e. The lowest BCUT2D eigenvalue weighted by atomic mass is 9.94. The van der Waals surface area contributed by atoms with E-state index in [4.69, 9.17) is 10.8 Å². The number of carboxylic acid groups (broad SMARTS) is 5. The van der Waals surface area contributed by atoms with E-state index in [0.717, 1.165) is 10.9 Å². The highest BCUT2D eigenvalue weighted by Crippen LogP contribution is 2.22. The van der Waals surface area contributed by atoms with Crippen LogP contribution in [0, 0.1) is 23.7 Å². The third-order valence-corrected chi connectivity index (χ3v) is 21.4. The Morgan fingerprint density at radius 1 is 0.385 bits per heavy atom. The van der Waals surface area contributed by atoms with Gasteiger partial charge in [0.15, 0.2) is 0 Å². The fraction of sp³-hybridized carbons (Fsp3) is 0.517. The summed E-state index contributed by atoms with van der Waals surface area (Å²) in [6.07, 6.45) is -0.894. The molecule has 0 aliphatic carbocycles. The zero-order chi connectivity index (χ0) is 96.8. The molecule has 0 aliphatic rings. The lowest BCUT2D eigenvalue weighted by Gasteiger charge is -2.31. The summed E-state index contributed by atoms with van der Waals surface area (Å²) >= 11 is 0. The quantitative estimate of drug-likeness (QED) is 0.0216. The molecule has 130 heavy (non-hydrogen) atoms. The molecule has 0 bridgehead atoms. The minimum atomic E-state index is -1.92. The first-order chi connectivity index (χ1) is 61.4. The summed E-state index contributed by atoms with van der Waals surface area (Å²) in [4.78, 5) is 269. The number of imidazole rings is 1. The number of phenolic OH excluding ortho intramolecular Hbond substituents is 1. The molecule has 2 aromatic heterocycles. The van der Waals surface area contributed by atoms with Crippen LogP contribution in [-0.4, -0.2) is 249 Å². The fourth-order valence-corrected chi connectivity index (χ4v) is 13.6. The molecule has 710 valence electrons. The second-order valence-electron chi connectivity index (χ2n) is 32.7. The summed E-state index contributed by atoms with van der Waals surface area (Å²) in [6.45, 7) is 15.6. The number of aromatic nitrogens is 3. The first-order valence-corrected chi connectivity index (χ1v) is 42.8. The van der Waals surface area contributed by atoms with Gasteiger partial charge in [-0.1, -0.05) is 129 Å². The van der Waals surface area contributed by atoms with Crippen molar-refractivity contribution in [3.63, 3.8) is 0 Å². The molecule has 0 radical (unpaired) electrons. The predicted molar refractivity (Wildman–Crippen MR) is 467 cm³/mol. The summed E-state index contributed by atoms with van der Waals surface area (Å²) in [5.41, 5.74) is 8.10. The van der Waals surface area contributed by atoms with Gasteiger partial charge in [-0.15, -0.1) is 0 Å². The van der Waals surface area contributed by atoms with Gasteiger partial charge in [-0.3, -0.25) is 86.3 Å². The molecule has 14 amide bonds. The average Bonchev–Trinajstić information content (AvgIpc) is 1.66. The van der Waals surface area contributed by atoms with E-state index in [1.165, 1.54) is 64.5 Å². The number of nitrogens with one attached hydrogen (secondary N) is 16. The molecule has 5 rings (SSSR count). The molecule has 43 heteroatoms. The Morgan fingerprint density at radius 2 is 0.808 bits per heavy atom. The number of carboxylic acids is 5. The predicted octanol–water partition coefficient (Wildman–Crippen LogP) is -0.619. The van der Waals surface area contributed by atoms with Gasteiger partial charge in [-0.05, 0) is 111 Å². The van der Waals surface area contributed by atoms with E-state index in [9.17, 15) is 117 Å². The number of fused-ring (bicyclic) bond motifs is 1. The van der Waals surface area contributed by atoms with Crippen molar-refractivity contribution in [3.05, 3.63) is 120 Å². The van der Waals surface area contributed by atoms with E-state index >= 15 is 0 Å².